The van der Waals surface area contributed by atoms with Gasteiger partial charge in [-0.2, -0.15) is 0 Å². The maximum atomic E-state index is 12.1. The zero-order valence-electron chi connectivity index (χ0n) is 10.7. The maximum Gasteiger partial charge on any atom is 0.123 e. The Balaban J connectivity index is 2.08. The molecule has 3 nitrogen and oxygen atoms in total. The van der Waals surface area contributed by atoms with Crippen molar-refractivity contribution in [1.29, 1.82) is 0 Å². The van der Waals surface area contributed by atoms with Gasteiger partial charge >= 0.3 is 0 Å². The minimum absolute atomic E-state index is 0.417. The SMILES string of the molecule is COc1ccc(Cl)cc1CS(=O)Cc1csc(C)n1. The van der Waals surface area contributed by atoms with Crippen LogP contribution in [0.5, 0.6) is 5.75 Å². The smallest absolute Gasteiger partial charge is 0.123 e. The first-order chi connectivity index (χ1) is 9.08. The summed E-state index contributed by atoms with van der Waals surface area (Å²) in [5, 5.41) is 3.56. The second-order valence-corrected chi connectivity index (χ2v) is 7.00. The molecule has 1 unspecified atom stereocenters. The van der Waals surface area contributed by atoms with Crippen molar-refractivity contribution in [1.82, 2.24) is 4.98 Å². The summed E-state index contributed by atoms with van der Waals surface area (Å²) in [5.41, 5.74) is 1.74. The second kappa shape index (κ2) is 6.50. The van der Waals surface area contributed by atoms with Crippen molar-refractivity contribution in [3.05, 3.63) is 44.9 Å². The van der Waals surface area contributed by atoms with Crippen molar-refractivity contribution >= 4 is 33.7 Å². The van der Waals surface area contributed by atoms with Gasteiger partial charge in [-0.25, -0.2) is 4.98 Å². The topological polar surface area (TPSA) is 39.2 Å². The fourth-order valence-corrected chi connectivity index (χ4v) is 3.79. The van der Waals surface area contributed by atoms with Gasteiger partial charge in [-0.3, -0.25) is 4.21 Å². The van der Waals surface area contributed by atoms with E-state index in [9.17, 15) is 4.21 Å². The summed E-state index contributed by atoms with van der Waals surface area (Å²) in [6.07, 6.45) is 0. The highest BCUT2D eigenvalue weighted by molar-refractivity contribution is 7.83. The summed E-state index contributed by atoms with van der Waals surface area (Å²) < 4.78 is 17.4. The van der Waals surface area contributed by atoms with Crippen LogP contribution in [0.2, 0.25) is 5.02 Å². The number of ether oxygens (including phenoxy) is 1. The third kappa shape index (κ3) is 4.03. The van der Waals surface area contributed by atoms with Crippen LogP contribution in [0.4, 0.5) is 0 Å². The van der Waals surface area contributed by atoms with Gasteiger partial charge < -0.3 is 4.74 Å². The molecule has 0 aliphatic carbocycles. The highest BCUT2D eigenvalue weighted by Gasteiger charge is 2.10. The average molecular weight is 316 g/mol. The van der Waals surface area contributed by atoms with Crippen LogP contribution in [-0.4, -0.2) is 16.3 Å². The predicted octanol–water partition coefficient (Wildman–Crippen LogP) is 3.56. The molecule has 6 heteroatoms. The lowest BCUT2D eigenvalue weighted by atomic mass is 10.2. The first-order valence-corrected chi connectivity index (χ1v) is 8.41. The van der Waals surface area contributed by atoms with Gasteiger partial charge in [0, 0.05) is 26.8 Å². The van der Waals surface area contributed by atoms with E-state index in [0.29, 0.717) is 22.3 Å². The Labute approximate surface area is 124 Å². The van der Waals surface area contributed by atoms with E-state index in [1.165, 1.54) is 0 Å². The summed E-state index contributed by atoms with van der Waals surface area (Å²) in [6.45, 7) is 1.94. The average Bonchev–Trinajstić information content (AvgIpc) is 2.75. The van der Waals surface area contributed by atoms with Crippen molar-refractivity contribution in [2.75, 3.05) is 7.11 Å². The molecule has 102 valence electrons. The molecule has 0 amide bonds. The number of rotatable bonds is 5. The first-order valence-electron chi connectivity index (χ1n) is 5.67. The van der Waals surface area contributed by atoms with Gasteiger partial charge in [0.25, 0.3) is 0 Å². The van der Waals surface area contributed by atoms with Crippen LogP contribution in [0.25, 0.3) is 0 Å². The number of benzene rings is 1. The lowest BCUT2D eigenvalue weighted by Crippen LogP contribution is -2.02. The first kappa shape index (κ1) is 14.5. The molecule has 0 aliphatic rings. The summed E-state index contributed by atoms with van der Waals surface area (Å²) in [7, 11) is 0.573. The number of thiazole rings is 1. The maximum absolute atomic E-state index is 12.1. The molecular formula is C13H14ClNO2S2. The van der Waals surface area contributed by atoms with E-state index in [1.807, 2.05) is 12.3 Å². The molecule has 0 saturated carbocycles. The van der Waals surface area contributed by atoms with Gasteiger partial charge in [0.15, 0.2) is 0 Å². The summed E-state index contributed by atoms with van der Waals surface area (Å²) in [6, 6.07) is 5.35. The molecular weight excluding hydrogens is 302 g/mol. The van der Waals surface area contributed by atoms with E-state index in [-0.39, 0.29) is 0 Å². The number of halogens is 1. The molecule has 1 heterocycles. The van der Waals surface area contributed by atoms with Crippen molar-refractivity contribution in [3.63, 3.8) is 0 Å². The predicted molar refractivity (Wildman–Crippen MR) is 80.4 cm³/mol. The lowest BCUT2D eigenvalue weighted by molar-refractivity contribution is 0.411. The normalized spacial score (nSPS) is 12.4. The summed E-state index contributed by atoms with van der Waals surface area (Å²) >= 11 is 7.53. The molecule has 2 aromatic rings. The van der Waals surface area contributed by atoms with E-state index in [0.717, 1.165) is 16.3 Å². The quantitative estimate of drug-likeness (QED) is 0.847. The fraction of sp³-hybridized carbons (Fsp3) is 0.308. The highest BCUT2D eigenvalue weighted by Crippen LogP contribution is 2.24. The van der Waals surface area contributed by atoms with E-state index in [4.69, 9.17) is 16.3 Å². The molecule has 0 fully saturated rings. The molecule has 19 heavy (non-hydrogen) atoms. The molecule has 0 aliphatic heterocycles. The van der Waals surface area contributed by atoms with Crippen LogP contribution in [0.1, 0.15) is 16.3 Å². The van der Waals surface area contributed by atoms with Crippen LogP contribution in [0.3, 0.4) is 0 Å². The van der Waals surface area contributed by atoms with Crippen molar-refractivity contribution in [3.8, 4) is 5.75 Å². The Bertz CT molecular complexity index is 598. The van der Waals surface area contributed by atoms with Crippen LogP contribution >= 0.6 is 22.9 Å². The van der Waals surface area contributed by atoms with E-state index < -0.39 is 10.8 Å². The molecule has 0 radical (unpaired) electrons. The van der Waals surface area contributed by atoms with E-state index >= 15 is 0 Å². The number of hydrogen-bond donors (Lipinski definition) is 0. The third-order valence-electron chi connectivity index (χ3n) is 2.53. The van der Waals surface area contributed by atoms with Crippen LogP contribution < -0.4 is 4.74 Å². The molecule has 0 spiro atoms. The van der Waals surface area contributed by atoms with Gasteiger partial charge in [0.05, 0.1) is 29.3 Å². The van der Waals surface area contributed by atoms with Gasteiger partial charge in [-0.1, -0.05) is 11.6 Å². The lowest BCUT2D eigenvalue weighted by Gasteiger charge is -2.08. The van der Waals surface area contributed by atoms with Gasteiger partial charge in [-0.05, 0) is 25.1 Å². The number of aromatic nitrogens is 1. The number of aryl methyl sites for hydroxylation is 1. The minimum atomic E-state index is -1.02. The number of nitrogens with zero attached hydrogens (tertiary/aromatic N) is 1. The van der Waals surface area contributed by atoms with E-state index in [1.54, 1.807) is 36.6 Å². The number of methoxy groups -OCH3 is 1. The molecule has 1 atom stereocenters. The fourth-order valence-electron chi connectivity index (χ4n) is 1.72. The van der Waals surface area contributed by atoms with Crippen LogP contribution in [0, 0.1) is 6.92 Å². The Kier molecular flexibility index (Phi) is 4.96. The molecule has 0 saturated heterocycles. The largest absolute Gasteiger partial charge is 0.496 e. The number of hydrogen-bond acceptors (Lipinski definition) is 4. The standard InChI is InChI=1S/C13H14ClNO2S2/c1-9-15-12(6-18-9)8-19(16)7-10-5-11(14)3-4-13(10)17-2/h3-6H,7-8H2,1-2H3. The summed E-state index contributed by atoms with van der Waals surface area (Å²) in [4.78, 5) is 4.32. The molecule has 1 aromatic heterocycles. The monoisotopic (exact) mass is 315 g/mol. The van der Waals surface area contributed by atoms with Gasteiger partial charge in [-0.15, -0.1) is 11.3 Å². The Morgan fingerprint density at radius 2 is 2.21 bits per heavy atom. The van der Waals surface area contributed by atoms with Gasteiger partial charge in [0.2, 0.25) is 0 Å². The van der Waals surface area contributed by atoms with Gasteiger partial charge in [0.1, 0.15) is 5.75 Å². The van der Waals surface area contributed by atoms with Crippen molar-refractivity contribution < 1.29 is 8.95 Å². The molecule has 0 N–H and O–H groups in total. The van der Waals surface area contributed by atoms with Crippen LogP contribution in [0.15, 0.2) is 23.6 Å². The zero-order valence-corrected chi connectivity index (χ0v) is 13.1. The zero-order chi connectivity index (χ0) is 13.8. The van der Waals surface area contributed by atoms with Crippen molar-refractivity contribution in [2.24, 2.45) is 0 Å². The molecule has 2 rings (SSSR count). The van der Waals surface area contributed by atoms with Crippen molar-refractivity contribution in [2.45, 2.75) is 18.4 Å². The third-order valence-corrected chi connectivity index (χ3v) is 4.84. The van der Waals surface area contributed by atoms with E-state index in [2.05, 4.69) is 4.98 Å². The molecule has 1 aromatic carbocycles. The Morgan fingerprint density at radius 3 is 2.84 bits per heavy atom. The summed E-state index contributed by atoms with van der Waals surface area (Å²) in [5.74, 6) is 1.59. The van der Waals surface area contributed by atoms with Crippen LogP contribution in [-0.2, 0) is 22.3 Å². The minimum Gasteiger partial charge on any atom is -0.496 e. The highest BCUT2D eigenvalue weighted by atomic mass is 35.5. The Hall–Kier alpha value is -0.910. The Morgan fingerprint density at radius 1 is 1.42 bits per heavy atom. The second-order valence-electron chi connectivity index (χ2n) is 4.04. The molecule has 0 bridgehead atoms.